The molecule has 0 saturated carbocycles. The van der Waals surface area contributed by atoms with Gasteiger partial charge in [0.1, 0.15) is 5.75 Å². The molecular formula is C12H18N2O2. The number of amides is 1. The van der Waals surface area contributed by atoms with Crippen LogP contribution in [0.1, 0.15) is 12.0 Å². The SMILES string of the molecule is Cc1ccc(OCCC(=O)N(C)C)c(N)c1. The standard InChI is InChI=1S/C12H18N2O2/c1-9-4-5-11(10(13)8-9)16-7-6-12(15)14(2)3/h4-5,8H,6-7,13H2,1-3H3. The number of carbonyl (C=O) groups is 1. The number of nitrogens with zero attached hydrogens (tertiary/aromatic N) is 1. The van der Waals surface area contributed by atoms with Gasteiger partial charge in [0.2, 0.25) is 5.91 Å². The molecule has 2 N–H and O–H groups in total. The highest BCUT2D eigenvalue weighted by Gasteiger charge is 2.05. The Balaban J connectivity index is 2.46. The topological polar surface area (TPSA) is 55.6 Å². The highest BCUT2D eigenvalue weighted by atomic mass is 16.5. The lowest BCUT2D eigenvalue weighted by Gasteiger charge is -2.12. The summed E-state index contributed by atoms with van der Waals surface area (Å²) < 4.78 is 5.44. The average molecular weight is 222 g/mol. The maximum atomic E-state index is 11.3. The van der Waals surface area contributed by atoms with Crippen molar-refractivity contribution in [2.75, 3.05) is 26.4 Å². The van der Waals surface area contributed by atoms with E-state index in [1.165, 1.54) is 0 Å². The summed E-state index contributed by atoms with van der Waals surface area (Å²) in [5.41, 5.74) is 7.48. The van der Waals surface area contributed by atoms with Crippen molar-refractivity contribution in [1.29, 1.82) is 0 Å². The molecule has 16 heavy (non-hydrogen) atoms. The Bertz CT molecular complexity index is 375. The van der Waals surface area contributed by atoms with Gasteiger partial charge in [0.25, 0.3) is 0 Å². The van der Waals surface area contributed by atoms with E-state index < -0.39 is 0 Å². The molecule has 4 heteroatoms. The lowest BCUT2D eigenvalue weighted by atomic mass is 10.2. The Hall–Kier alpha value is -1.71. The van der Waals surface area contributed by atoms with Crippen LogP contribution in [0, 0.1) is 6.92 Å². The molecule has 0 aromatic heterocycles. The van der Waals surface area contributed by atoms with Crippen LogP contribution in [0.15, 0.2) is 18.2 Å². The van der Waals surface area contributed by atoms with Gasteiger partial charge in [0.05, 0.1) is 18.7 Å². The summed E-state index contributed by atoms with van der Waals surface area (Å²) in [5.74, 6) is 0.683. The molecule has 0 bridgehead atoms. The molecule has 0 fully saturated rings. The zero-order valence-electron chi connectivity index (χ0n) is 9.99. The summed E-state index contributed by atoms with van der Waals surface area (Å²) in [6.45, 7) is 2.32. The van der Waals surface area contributed by atoms with Crippen LogP contribution in [-0.4, -0.2) is 31.5 Å². The van der Waals surface area contributed by atoms with E-state index in [9.17, 15) is 4.79 Å². The maximum absolute atomic E-state index is 11.3. The van der Waals surface area contributed by atoms with E-state index in [4.69, 9.17) is 10.5 Å². The predicted molar refractivity (Wildman–Crippen MR) is 64.4 cm³/mol. The molecule has 0 atom stereocenters. The maximum Gasteiger partial charge on any atom is 0.225 e. The van der Waals surface area contributed by atoms with Gasteiger partial charge in [-0.2, -0.15) is 0 Å². The number of nitrogen functional groups attached to an aromatic ring is 1. The lowest BCUT2D eigenvalue weighted by molar-refractivity contribution is -0.129. The van der Waals surface area contributed by atoms with Crippen molar-refractivity contribution in [2.45, 2.75) is 13.3 Å². The first-order valence-corrected chi connectivity index (χ1v) is 5.20. The van der Waals surface area contributed by atoms with E-state index in [0.29, 0.717) is 24.5 Å². The summed E-state index contributed by atoms with van der Waals surface area (Å²) in [7, 11) is 3.45. The fourth-order valence-corrected chi connectivity index (χ4v) is 1.27. The van der Waals surface area contributed by atoms with Crippen molar-refractivity contribution in [1.82, 2.24) is 4.90 Å². The second-order valence-electron chi connectivity index (χ2n) is 3.93. The van der Waals surface area contributed by atoms with Crippen LogP contribution in [-0.2, 0) is 4.79 Å². The first-order valence-electron chi connectivity index (χ1n) is 5.20. The number of aryl methyl sites for hydroxylation is 1. The van der Waals surface area contributed by atoms with Gasteiger partial charge < -0.3 is 15.4 Å². The van der Waals surface area contributed by atoms with Crippen LogP contribution in [0.2, 0.25) is 0 Å². The summed E-state index contributed by atoms with van der Waals surface area (Å²) in [6, 6.07) is 5.60. The molecule has 1 amide bonds. The molecule has 0 aliphatic rings. The summed E-state index contributed by atoms with van der Waals surface area (Å²) in [5, 5.41) is 0. The van der Waals surface area contributed by atoms with Crippen molar-refractivity contribution >= 4 is 11.6 Å². The van der Waals surface area contributed by atoms with E-state index in [0.717, 1.165) is 5.56 Å². The number of anilines is 1. The second-order valence-corrected chi connectivity index (χ2v) is 3.93. The number of ether oxygens (including phenoxy) is 1. The fraction of sp³-hybridized carbons (Fsp3) is 0.417. The number of carbonyl (C=O) groups excluding carboxylic acids is 1. The molecule has 0 aliphatic heterocycles. The quantitative estimate of drug-likeness (QED) is 0.784. The zero-order valence-corrected chi connectivity index (χ0v) is 9.99. The van der Waals surface area contributed by atoms with Crippen molar-refractivity contribution in [2.24, 2.45) is 0 Å². The Morgan fingerprint density at radius 3 is 2.69 bits per heavy atom. The van der Waals surface area contributed by atoms with Crippen LogP contribution in [0.3, 0.4) is 0 Å². The summed E-state index contributed by atoms with van der Waals surface area (Å²) in [4.78, 5) is 12.8. The van der Waals surface area contributed by atoms with Gasteiger partial charge in [-0.3, -0.25) is 4.79 Å². The minimum atomic E-state index is 0.0469. The van der Waals surface area contributed by atoms with E-state index >= 15 is 0 Å². The van der Waals surface area contributed by atoms with Gasteiger partial charge in [-0.05, 0) is 24.6 Å². The predicted octanol–water partition coefficient (Wildman–Crippen LogP) is 1.43. The van der Waals surface area contributed by atoms with Crippen LogP contribution in [0.4, 0.5) is 5.69 Å². The number of rotatable bonds is 4. The Kier molecular flexibility index (Phi) is 4.17. The molecule has 4 nitrogen and oxygen atoms in total. The summed E-state index contributed by atoms with van der Waals surface area (Å²) >= 11 is 0. The van der Waals surface area contributed by atoms with Gasteiger partial charge in [-0.1, -0.05) is 6.07 Å². The van der Waals surface area contributed by atoms with Crippen molar-refractivity contribution in [3.63, 3.8) is 0 Å². The van der Waals surface area contributed by atoms with E-state index in [1.807, 2.05) is 25.1 Å². The molecule has 0 spiro atoms. The second kappa shape index (κ2) is 5.39. The van der Waals surface area contributed by atoms with Crippen molar-refractivity contribution in [3.05, 3.63) is 23.8 Å². The number of nitrogens with two attached hydrogens (primary N) is 1. The average Bonchev–Trinajstić information content (AvgIpc) is 2.20. The minimum absolute atomic E-state index is 0.0469. The fourth-order valence-electron chi connectivity index (χ4n) is 1.27. The van der Waals surface area contributed by atoms with Crippen molar-refractivity contribution < 1.29 is 9.53 Å². The first-order chi connectivity index (χ1) is 7.50. The van der Waals surface area contributed by atoms with E-state index in [-0.39, 0.29) is 5.91 Å². The van der Waals surface area contributed by atoms with Gasteiger partial charge in [-0.15, -0.1) is 0 Å². The highest BCUT2D eigenvalue weighted by molar-refractivity contribution is 5.75. The molecule has 0 saturated heterocycles. The third kappa shape index (κ3) is 3.46. The Morgan fingerprint density at radius 1 is 1.44 bits per heavy atom. The van der Waals surface area contributed by atoms with Crippen LogP contribution in [0.5, 0.6) is 5.75 Å². The molecule has 0 unspecified atom stereocenters. The molecule has 1 rings (SSSR count). The summed E-state index contributed by atoms with van der Waals surface area (Å²) in [6.07, 6.45) is 0.361. The van der Waals surface area contributed by atoms with Gasteiger partial charge in [0.15, 0.2) is 0 Å². The normalized spacial score (nSPS) is 9.94. The molecular weight excluding hydrogens is 204 g/mol. The number of hydrogen-bond acceptors (Lipinski definition) is 3. The molecule has 1 aromatic carbocycles. The largest absolute Gasteiger partial charge is 0.491 e. The van der Waals surface area contributed by atoms with Crippen molar-refractivity contribution in [3.8, 4) is 5.75 Å². The first kappa shape index (κ1) is 12.4. The van der Waals surface area contributed by atoms with Crippen LogP contribution < -0.4 is 10.5 Å². The van der Waals surface area contributed by atoms with Gasteiger partial charge in [-0.25, -0.2) is 0 Å². The third-order valence-corrected chi connectivity index (χ3v) is 2.24. The van der Waals surface area contributed by atoms with Gasteiger partial charge in [0, 0.05) is 14.1 Å². The third-order valence-electron chi connectivity index (χ3n) is 2.24. The lowest BCUT2D eigenvalue weighted by Crippen LogP contribution is -2.23. The number of benzene rings is 1. The minimum Gasteiger partial charge on any atom is -0.491 e. The van der Waals surface area contributed by atoms with Gasteiger partial charge >= 0.3 is 0 Å². The monoisotopic (exact) mass is 222 g/mol. The molecule has 1 aromatic rings. The Morgan fingerprint density at radius 2 is 2.12 bits per heavy atom. The molecule has 0 aliphatic carbocycles. The highest BCUT2D eigenvalue weighted by Crippen LogP contribution is 2.22. The molecule has 88 valence electrons. The zero-order chi connectivity index (χ0) is 12.1. The Labute approximate surface area is 96.0 Å². The smallest absolute Gasteiger partial charge is 0.225 e. The van der Waals surface area contributed by atoms with Crippen LogP contribution >= 0.6 is 0 Å². The van der Waals surface area contributed by atoms with E-state index in [1.54, 1.807) is 19.0 Å². The molecule has 0 heterocycles. The van der Waals surface area contributed by atoms with Crippen LogP contribution in [0.25, 0.3) is 0 Å². The van der Waals surface area contributed by atoms with E-state index in [2.05, 4.69) is 0 Å². The molecule has 0 radical (unpaired) electrons. The number of hydrogen-bond donors (Lipinski definition) is 1.